The van der Waals surface area contributed by atoms with Gasteiger partial charge in [0, 0.05) is 5.02 Å². The lowest BCUT2D eigenvalue weighted by Gasteiger charge is -2.07. The molecule has 0 atom stereocenters. The van der Waals surface area contributed by atoms with Crippen molar-refractivity contribution in [2.45, 2.75) is 13.5 Å². The molecule has 0 spiro atoms. The minimum Gasteiger partial charge on any atom is -0.457 e. The number of carbonyl (C=O) groups excluding carboxylic acids is 1. The third kappa shape index (κ3) is 3.36. The molecule has 0 saturated heterocycles. The number of aryl methyl sites for hydroxylation is 1. The molecule has 0 radical (unpaired) electrons. The highest BCUT2D eigenvalue weighted by atomic mass is 35.5. The molecule has 128 valence electrons. The summed E-state index contributed by atoms with van der Waals surface area (Å²) in [5.74, 6) is -0.475. The maximum atomic E-state index is 12.8. The molecule has 3 aromatic rings. The second-order valence-electron chi connectivity index (χ2n) is 5.39. The van der Waals surface area contributed by atoms with Gasteiger partial charge in [0.2, 0.25) is 0 Å². The third-order valence-electron chi connectivity index (χ3n) is 3.73. The van der Waals surface area contributed by atoms with E-state index in [1.165, 1.54) is 17.0 Å². The van der Waals surface area contributed by atoms with Gasteiger partial charge in [-0.1, -0.05) is 42.5 Å². The Kier molecular flexibility index (Phi) is 5.01. The summed E-state index contributed by atoms with van der Waals surface area (Å²) in [6, 6.07) is 7.33. The summed E-state index contributed by atoms with van der Waals surface area (Å²) in [5, 5.41) is 1.02. The number of fused-ring (bicyclic) bond motifs is 1. The minimum atomic E-state index is -0.475. The van der Waals surface area contributed by atoms with Crippen LogP contribution in [0.3, 0.4) is 0 Å². The number of carbonyl (C=O) groups is 1. The van der Waals surface area contributed by atoms with E-state index in [0.717, 1.165) is 16.9 Å². The molecule has 0 amide bonds. The van der Waals surface area contributed by atoms with E-state index in [2.05, 4.69) is 11.6 Å². The van der Waals surface area contributed by atoms with Crippen LogP contribution in [0.2, 0.25) is 5.02 Å². The van der Waals surface area contributed by atoms with Crippen molar-refractivity contribution in [3.8, 4) is 0 Å². The van der Waals surface area contributed by atoms with Crippen molar-refractivity contribution in [2.24, 2.45) is 0 Å². The molecule has 0 unspecified atom stereocenters. The van der Waals surface area contributed by atoms with Crippen LogP contribution in [0.5, 0.6) is 0 Å². The van der Waals surface area contributed by atoms with Crippen LogP contribution >= 0.6 is 22.9 Å². The zero-order chi connectivity index (χ0) is 18.0. The summed E-state index contributed by atoms with van der Waals surface area (Å²) in [6.07, 6.45) is 2.97. The van der Waals surface area contributed by atoms with E-state index < -0.39 is 5.97 Å². The largest absolute Gasteiger partial charge is 0.457 e. The normalized spacial score (nSPS) is 10.8. The maximum Gasteiger partial charge on any atom is 0.348 e. The van der Waals surface area contributed by atoms with Crippen LogP contribution in [0, 0.1) is 6.92 Å². The van der Waals surface area contributed by atoms with Crippen molar-refractivity contribution in [3.63, 3.8) is 0 Å². The van der Waals surface area contributed by atoms with Crippen molar-refractivity contribution < 1.29 is 9.53 Å². The number of hydrogen-bond donors (Lipinski definition) is 0. The van der Waals surface area contributed by atoms with Crippen LogP contribution in [-0.2, 0) is 11.3 Å². The Morgan fingerprint density at radius 1 is 1.44 bits per heavy atom. The number of aromatic nitrogens is 2. The summed E-state index contributed by atoms with van der Waals surface area (Å²) in [6.45, 7) is 5.68. The number of halogens is 1. The Morgan fingerprint density at radius 3 is 2.92 bits per heavy atom. The molecule has 1 aromatic carbocycles. The molecule has 0 N–H and O–H groups in total. The van der Waals surface area contributed by atoms with E-state index >= 15 is 0 Å². The smallest absolute Gasteiger partial charge is 0.348 e. The Hall–Kier alpha value is -2.44. The van der Waals surface area contributed by atoms with Gasteiger partial charge in [-0.25, -0.2) is 9.78 Å². The van der Waals surface area contributed by atoms with Crippen molar-refractivity contribution in [3.05, 3.63) is 74.6 Å². The van der Waals surface area contributed by atoms with Gasteiger partial charge in [-0.2, -0.15) is 0 Å². The molecule has 0 bridgehead atoms. The Bertz CT molecular complexity index is 1020. The monoisotopic (exact) mass is 374 g/mol. The molecule has 0 aliphatic heterocycles. The van der Waals surface area contributed by atoms with Crippen LogP contribution in [0.25, 0.3) is 10.2 Å². The second kappa shape index (κ2) is 7.21. The van der Waals surface area contributed by atoms with Gasteiger partial charge in [0.15, 0.2) is 0 Å². The van der Waals surface area contributed by atoms with Gasteiger partial charge < -0.3 is 4.74 Å². The van der Waals surface area contributed by atoms with Gasteiger partial charge >= 0.3 is 5.97 Å². The van der Waals surface area contributed by atoms with E-state index in [-0.39, 0.29) is 12.2 Å². The Morgan fingerprint density at radius 2 is 2.20 bits per heavy atom. The molecule has 3 rings (SSSR count). The Balaban J connectivity index is 2.04. The highest BCUT2D eigenvalue weighted by Gasteiger charge is 2.20. The zero-order valence-electron chi connectivity index (χ0n) is 13.5. The summed E-state index contributed by atoms with van der Waals surface area (Å²) < 4.78 is 6.56. The fourth-order valence-corrected chi connectivity index (χ4v) is 3.71. The molecule has 25 heavy (non-hydrogen) atoms. The average Bonchev–Trinajstić information content (AvgIpc) is 2.94. The standard InChI is InChI=1S/C18H15ClN2O3S/c1-3-8-24-18(23)15-11(2)14-16(25-15)20-10-21(17(14)22)9-12-6-4-5-7-13(12)19/h3-7,10H,1,8-9H2,2H3. The molecular formula is C18H15ClN2O3S. The molecule has 0 saturated carbocycles. The quantitative estimate of drug-likeness (QED) is 0.503. The second-order valence-corrected chi connectivity index (χ2v) is 6.80. The molecule has 2 aromatic heterocycles. The first-order valence-electron chi connectivity index (χ1n) is 7.53. The van der Waals surface area contributed by atoms with Crippen molar-refractivity contribution in [2.75, 3.05) is 6.61 Å². The maximum absolute atomic E-state index is 12.8. The molecular weight excluding hydrogens is 360 g/mol. The van der Waals surface area contributed by atoms with Gasteiger partial charge in [-0.3, -0.25) is 9.36 Å². The van der Waals surface area contributed by atoms with Crippen LogP contribution in [0.4, 0.5) is 0 Å². The third-order valence-corrected chi connectivity index (χ3v) is 5.28. The molecule has 0 aliphatic rings. The fourth-order valence-electron chi connectivity index (χ4n) is 2.48. The van der Waals surface area contributed by atoms with E-state index in [1.807, 2.05) is 18.2 Å². The zero-order valence-corrected chi connectivity index (χ0v) is 15.1. The van der Waals surface area contributed by atoms with Crippen molar-refractivity contribution in [1.29, 1.82) is 0 Å². The van der Waals surface area contributed by atoms with Crippen LogP contribution in [0.15, 0.2) is 48.0 Å². The van der Waals surface area contributed by atoms with Gasteiger partial charge in [-0.15, -0.1) is 11.3 Å². The number of esters is 1. The SMILES string of the molecule is C=CCOC(=O)c1sc2ncn(Cc3ccccc3Cl)c(=O)c2c1C. The summed E-state index contributed by atoms with van der Waals surface area (Å²) in [4.78, 5) is 30.2. The summed E-state index contributed by atoms with van der Waals surface area (Å²) in [7, 11) is 0. The first-order chi connectivity index (χ1) is 12.0. The lowest BCUT2D eigenvalue weighted by molar-refractivity contribution is 0.0555. The van der Waals surface area contributed by atoms with Gasteiger partial charge in [-0.05, 0) is 24.1 Å². The van der Waals surface area contributed by atoms with Gasteiger partial charge in [0.05, 0.1) is 18.3 Å². The molecule has 0 aliphatic carbocycles. The number of thiophene rings is 1. The fraction of sp³-hybridized carbons (Fsp3) is 0.167. The molecule has 0 fully saturated rings. The highest BCUT2D eigenvalue weighted by molar-refractivity contribution is 7.20. The van der Waals surface area contributed by atoms with Gasteiger partial charge in [0.1, 0.15) is 16.3 Å². The predicted octanol–water partition coefficient (Wildman–Crippen LogP) is 3.81. The lowest BCUT2D eigenvalue weighted by atomic mass is 10.2. The first kappa shape index (κ1) is 17.4. The Labute approximate surface area is 153 Å². The lowest BCUT2D eigenvalue weighted by Crippen LogP contribution is -2.21. The van der Waals surface area contributed by atoms with Crippen LogP contribution in [0.1, 0.15) is 20.8 Å². The minimum absolute atomic E-state index is 0.122. The topological polar surface area (TPSA) is 61.2 Å². The highest BCUT2D eigenvalue weighted by Crippen LogP contribution is 2.27. The number of nitrogens with zero attached hydrogens (tertiary/aromatic N) is 2. The van der Waals surface area contributed by atoms with Crippen molar-refractivity contribution in [1.82, 2.24) is 9.55 Å². The van der Waals surface area contributed by atoms with E-state index in [4.69, 9.17) is 16.3 Å². The summed E-state index contributed by atoms with van der Waals surface area (Å²) >= 11 is 7.32. The first-order valence-corrected chi connectivity index (χ1v) is 8.72. The van der Waals surface area contributed by atoms with E-state index in [9.17, 15) is 9.59 Å². The number of benzene rings is 1. The van der Waals surface area contributed by atoms with E-state index in [0.29, 0.717) is 32.2 Å². The average molecular weight is 375 g/mol. The van der Waals surface area contributed by atoms with Crippen LogP contribution in [-0.4, -0.2) is 22.1 Å². The molecule has 7 heteroatoms. The van der Waals surface area contributed by atoms with Crippen molar-refractivity contribution >= 4 is 39.1 Å². The number of hydrogen-bond acceptors (Lipinski definition) is 5. The molecule has 5 nitrogen and oxygen atoms in total. The predicted molar refractivity (Wildman–Crippen MR) is 99.7 cm³/mol. The summed E-state index contributed by atoms with van der Waals surface area (Å²) in [5.41, 5.74) is 1.20. The van der Waals surface area contributed by atoms with Gasteiger partial charge in [0.25, 0.3) is 5.56 Å². The number of rotatable bonds is 5. The van der Waals surface area contributed by atoms with Crippen LogP contribution < -0.4 is 5.56 Å². The number of ether oxygens (including phenoxy) is 1. The van der Waals surface area contributed by atoms with E-state index in [1.54, 1.807) is 13.0 Å². The molecule has 2 heterocycles.